The second kappa shape index (κ2) is 8.03. The molecule has 2 heterocycles. The Morgan fingerprint density at radius 1 is 1.42 bits per heavy atom. The minimum absolute atomic E-state index is 0.0893. The van der Waals surface area contributed by atoms with Crippen LogP contribution in [0.1, 0.15) is 54.6 Å². The van der Waals surface area contributed by atoms with Crippen molar-refractivity contribution in [3.63, 3.8) is 0 Å². The van der Waals surface area contributed by atoms with E-state index < -0.39 is 0 Å². The number of carbonyl (C=O) groups excluding carboxylic acids is 2. The molecule has 1 saturated carbocycles. The number of ether oxygens (including phenoxy) is 1. The van der Waals surface area contributed by atoms with Gasteiger partial charge in [-0.1, -0.05) is 6.92 Å². The third-order valence-corrected chi connectivity index (χ3v) is 4.42. The molecule has 1 aliphatic carbocycles. The van der Waals surface area contributed by atoms with Crippen molar-refractivity contribution < 1.29 is 14.3 Å². The Labute approximate surface area is 151 Å². The van der Waals surface area contributed by atoms with Crippen LogP contribution in [-0.4, -0.2) is 44.6 Å². The van der Waals surface area contributed by atoms with Gasteiger partial charge in [0.1, 0.15) is 6.10 Å². The summed E-state index contributed by atoms with van der Waals surface area (Å²) in [6.45, 7) is 2.62. The molecule has 9 heteroatoms. The van der Waals surface area contributed by atoms with E-state index in [9.17, 15) is 9.59 Å². The first-order valence-corrected chi connectivity index (χ1v) is 8.85. The third kappa shape index (κ3) is 4.41. The number of rotatable bonds is 6. The summed E-state index contributed by atoms with van der Waals surface area (Å²) in [6.07, 6.45) is 6.06. The van der Waals surface area contributed by atoms with Crippen LogP contribution in [-0.2, 0) is 11.8 Å². The molecule has 0 bridgehead atoms. The second-order valence-electron chi connectivity index (χ2n) is 6.53. The smallest absolute Gasteiger partial charge is 0.407 e. The molecule has 1 fully saturated rings. The van der Waals surface area contributed by atoms with E-state index >= 15 is 0 Å². The minimum atomic E-state index is -0.355. The summed E-state index contributed by atoms with van der Waals surface area (Å²) in [5.41, 5.74) is 1.41. The fraction of sp³-hybridized carbons (Fsp3) is 0.529. The molecule has 0 saturated heterocycles. The molecule has 2 amide bonds. The van der Waals surface area contributed by atoms with Gasteiger partial charge in [0.15, 0.2) is 5.82 Å². The molecule has 9 nitrogen and oxygen atoms in total. The molecule has 140 valence electrons. The maximum atomic E-state index is 12.1. The number of anilines is 1. The van der Waals surface area contributed by atoms with E-state index in [2.05, 4.69) is 25.9 Å². The van der Waals surface area contributed by atoms with E-state index in [0.29, 0.717) is 17.9 Å². The monoisotopic (exact) mass is 360 g/mol. The lowest BCUT2D eigenvalue weighted by Crippen LogP contribution is -2.28. The van der Waals surface area contributed by atoms with Crippen molar-refractivity contribution in [2.75, 3.05) is 11.9 Å². The van der Waals surface area contributed by atoms with E-state index in [1.807, 2.05) is 13.0 Å². The van der Waals surface area contributed by atoms with Gasteiger partial charge in [0.25, 0.3) is 5.91 Å². The van der Waals surface area contributed by atoms with Crippen LogP contribution in [0, 0.1) is 0 Å². The number of amides is 2. The molecule has 26 heavy (non-hydrogen) atoms. The Bertz CT molecular complexity index is 768. The SMILES string of the molecule is CCCNC(=O)O[C@@H]1CC[C@H](c2cc(NC(=O)c3cnn(C)c3)n[nH]2)C1. The van der Waals surface area contributed by atoms with Gasteiger partial charge in [-0.15, -0.1) is 0 Å². The molecule has 2 atom stereocenters. The van der Waals surface area contributed by atoms with Crippen LogP contribution < -0.4 is 10.6 Å². The van der Waals surface area contributed by atoms with Crippen LogP contribution in [0.2, 0.25) is 0 Å². The molecule has 1 aliphatic rings. The summed E-state index contributed by atoms with van der Waals surface area (Å²) in [7, 11) is 1.75. The van der Waals surface area contributed by atoms with E-state index in [-0.39, 0.29) is 24.0 Å². The van der Waals surface area contributed by atoms with Crippen molar-refractivity contribution in [3.05, 3.63) is 29.7 Å². The van der Waals surface area contributed by atoms with E-state index in [1.54, 1.807) is 17.9 Å². The van der Waals surface area contributed by atoms with Crippen molar-refractivity contribution in [1.29, 1.82) is 0 Å². The largest absolute Gasteiger partial charge is 0.446 e. The number of carbonyl (C=O) groups is 2. The zero-order valence-corrected chi connectivity index (χ0v) is 15.0. The number of H-pyrrole nitrogens is 1. The summed E-state index contributed by atoms with van der Waals surface area (Å²) >= 11 is 0. The van der Waals surface area contributed by atoms with Gasteiger partial charge in [-0.2, -0.15) is 10.2 Å². The molecule has 0 aromatic carbocycles. The zero-order chi connectivity index (χ0) is 18.5. The number of aromatic amines is 1. The predicted octanol–water partition coefficient (Wildman–Crippen LogP) is 2.17. The van der Waals surface area contributed by atoms with Crippen LogP contribution in [0.3, 0.4) is 0 Å². The van der Waals surface area contributed by atoms with E-state index in [0.717, 1.165) is 31.4 Å². The number of alkyl carbamates (subject to hydrolysis) is 1. The van der Waals surface area contributed by atoms with Crippen molar-refractivity contribution in [3.8, 4) is 0 Å². The van der Waals surface area contributed by atoms with Crippen molar-refractivity contribution in [2.45, 2.75) is 44.6 Å². The zero-order valence-electron chi connectivity index (χ0n) is 15.0. The quantitative estimate of drug-likeness (QED) is 0.730. The Morgan fingerprint density at radius 2 is 2.27 bits per heavy atom. The van der Waals surface area contributed by atoms with Gasteiger partial charge in [0, 0.05) is 37.5 Å². The van der Waals surface area contributed by atoms with Crippen LogP contribution in [0.5, 0.6) is 0 Å². The fourth-order valence-corrected chi connectivity index (χ4v) is 3.09. The third-order valence-electron chi connectivity index (χ3n) is 4.42. The summed E-state index contributed by atoms with van der Waals surface area (Å²) in [5.74, 6) is 0.450. The molecule has 0 unspecified atom stereocenters. The molecular formula is C17H24N6O3. The predicted molar refractivity (Wildman–Crippen MR) is 94.9 cm³/mol. The number of nitrogens with zero attached hydrogens (tertiary/aromatic N) is 3. The molecule has 0 aliphatic heterocycles. The highest BCUT2D eigenvalue weighted by Gasteiger charge is 2.30. The average Bonchev–Trinajstić information content (AvgIpc) is 3.34. The summed E-state index contributed by atoms with van der Waals surface area (Å²) < 4.78 is 7.00. The topological polar surface area (TPSA) is 114 Å². The Hall–Kier alpha value is -2.84. The lowest BCUT2D eigenvalue weighted by molar-refractivity contribution is 0.0998. The van der Waals surface area contributed by atoms with E-state index in [4.69, 9.17) is 4.74 Å². The van der Waals surface area contributed by atoms with E-state index in [1.165, 1.54) is 6.20 Å². The van der Waals surface area contributed by atoms with Crippen LogP contribution in [0.15, 0.2) is 18.5 Å². The van der Waals surface area contributed by atoms with Gasteiger partial charge in [0.2, 0.25) is 0 Å². The van der Waals surface area contributed by atoms with Gasteiger partial charge in [-0.25, -0.2) is 4.79 Å². The van der Waals surface area contributed by atoms with Gasteiger partial charge in [-0.05, 0) is 25.7 Å². The summed E-state index contributed by atoms with van der Waals surface area (Å²) in [4.78, 5) is 23.8. The van der Waals surface area contributed by atoms with Gasteiger partial charge in [-0.3, -0.25) is 14.6 Å². The number of hydrogen-bond acceptors (Lipinski definition) is 5. The average molecular weight is 360 g/mol. The molecule has 2 aromatic heterocycles. The first-order valence-electron chi connectivity index (χ1n) is 8.85. The van der Waals surface area contributed by atoms with Crippen molar-refractivity contribution >= 4 is 17.8 Å². The molecule has 0 radical (unpaired) electrons. The highest BCUT2D eigenvalue weighted by molar-refractivity contribution is 6.03. The van der Waals surface area contributed by atoms with Gasteiger partial charge in [0.05, 0.1) is 11.8 Å². The van der Waals surface area contributed by atoms with Gasteiger partial charge < -0.3 is 15.4 Å². The number of aromatic nitrogens is 4. The number of hydrogen-bond donors (Lipinski definition) is 3. The maximum absolute atomic E-state index is 12.1. The first-order chi connectivity index (χ1) is 12.5. The molecule has 0 spiro atoms. The normalized spacial score (nSPS) is 19.3. The van der Waals surface area contributed by atoms with Crippen molar-refractivity contribution in [2.24, 2.45) is 7.05 Å². The minimum Gasteiger partial charge on any atom is -0.446 e. The Morgan fingerprint density at radius 3 is 3.00 bits per heavy atom. The molecule has 2 aromatic rings. The highest BCUT2D eigenvalue weighted by atomic mass is 16.6. The van der Waals surface area contributed by atoms with Crippen LogP contribution in [0.4, 0.5) is 10.6 Å². The Kier molecular flexibility index (Phi) is 5.55. The standard InChI is InChI=1S/C17H24N6O3/c1-3-6-18-17(25)26-13-5-4-11(7-13)14-8-15(22-21-14)20-16(24)12-9-19-23(2)10-12/h8-11,13H,3-7H2,1-2H3,(H,18,25)(H2,20,21,22,24)/t11-,13+/m0/s1. The lowest BCUT2D eigenvalue weighted by atomic mass is 10.0. The first kappa shape index (κ1) is 18.0. The number of aryl methyl sites for hydroxylation is 1. The summed E-state index contributed by atoms with van der Waals surface area (Å²) in [6, 6.07) is 1.83. The molecular weight excluding hydrogens is 336 g/mol. The summed E-state index contributed by atoms with van der Waals surface area (Å²) in [5, 5.41) is 16.6. The number of nitrogens with one attached hydrogen (secondary N) is 3. The van der Waals surface area contributed by atoms with Crippen LogP contribution in [0.25, 0.3) is 0 Å². The second-order valence-corrected chi connectivity index (χ2v) is 6.53. The maximum Gasteiger partial charge on any atom is 0.407 e. The highest BCUT2D eigenvalue weighted by Crippen LogP contribution is 2.35. The molecule has 3 N–H and O–H groups in total. The lowest BCUT2D eigenvalue weighted by Gasteiger charge is -2.12. The van der Waals surface area contributed by atoms with Crippen LogP contribution >= 0.6 is 0 Å². The molecule has 3 rings (SSSR count). The Balaban J connectivity index is 1.52. The van der Waals surface area contributed by atoms with Gasteiger partial charge >= 0.3 is 6.09 Å². The van der Waals surface area contributed by atoms with Crippen molar-refractivity contribution in [1.82, 2.24) is 25.3 Å². The fourth-order valence-electron chi connectivity index (χ4n) is 3.09.